The molecule has 0 spiro atoms. The maximum Gasteiger partial charge on any atom is 0.233 e. The van der Waals surface area contributed by atoms with Crippen LogP contribution in [-0.2, 0) is 21.3 Å². The molecule has 2 atom stereocenters. The van der Waals surface area contributed by atoms with E-state index in [2.05, 4.69) is 5.32 Å². The van der Waals surface area contributed by atoms with Crippen LogP contribution in [0.25, 0.3) is 0 Å². The standard InChI is InChI=1S/C13H15Cl2NO2S/c1-12(8-13(12,14)15)11(17)16-10-5-3-4-9(6-10)7-19(2)18/h3-6H,7-8H2,1-2H3,(H,16,17). The van der Waals surface area contributed by atoms with E-state index in [-0.39, 0.29) is 5.91 Å². The number of carbonyl (C=O) groups is 1. The maximum atomic E-state index is 12.1. The quantitative estimate of drug-likeness (QED) is 0.867. The van der Waals surface area contributed by atoms with Gasteiger partial charge in [-0.25, -0.2) is 0 Å². The Morgan fingerprint density at radius 2 is 2.11 bits per heavy atom. The van der Waals surface area contributed by atoms with Crippen LogP contribution in [0.2, 0.25) is 0 Å². The first-order chi connectivity index (χ1) is 8.74. The fraction of sp³-hybridized carbons (Fsp3) is 0.462. The van der Waals surface area contributed by atoms with Crippen LogP contribution in [0.4, 0.5) is 5.69 Å². The molecule has 1 aromatic rings. The van der Waals surface area contributed by atoms with E-state index in [0.29, 0.717) is 17.9 Å². The third-order valence-corrected chi connectivity index (χ3v) is 5.16. The number of hydrogen-bond donors (Lipinski definition) is 1. The molecule has 6 heteroatoms. The van der Waals surface area contributed by atoms with Crippen LogP contribution in [0, 0.1) is 5.41 Å². The molecule has 0 bridgehead atoms. The number of anilines is 1. The van der Waals surface area contributed by atoms with E-state index in [1.165, 1.54) is 0 Å². The molecule has 1 saturated carbocycles. The van der Waals surface area contributed by atoms with Gasteiger partial charge in [-0.3, -0.25) is 9.00 Å². The zero-order valence-corrected chi connectivity index (χ0v) is 13.0. The summed E-state index contributed by atoms with van der Waals surface area (Å²) in [5.41, 5.74) is 0.854. The number of halogens is 2. The summed E-state index contributed by atoms with van der Waals surface area (Å²) in [6, 6.07) is 7.30. The van der Waals surface area contributed by atoms with Gasteiger partial charge in [0, 0.05) is 28.5 Å². The van der Waals surface area contributed by atoms with Gasteiger partial charge in [-0.15, -0.1) is 23.2 Å². The zero-order valence-electron chi connectivity index (χ0n) is 10.7. The number of alkyl halides is 2. The molecule has 1 fully saturated rings. The lowest BCUT2D eigenvalue weighted by atomic mass is 10.1. The van der Waals surface area contributed by atoms with Crippen molar-refractivity contribution in [3.05, 3.63) is 29.8 Å². The van der Waals surface area contributed by atoms with Crippen LogP contribution in [0.5, 0.6) is 0 Å². The molecule has 0 radical (unpaired) electrons. The second-order valence-electron chi connectivity index (χ2n) is 5.09. The molecule has 104 valence electrons. The predicted octanol–water partition coefficient (Wildman–Crippen LogP) is 3.09. The predicted molar refractivity (Wildman–Crippen MR) is 80.0 cm³/mol. The molecular weight excluding hydrogens is 305 g/mol. The number of benzene rings is 1. The van der Waals surface area contributed by atoms with Crippen molar-refractivity contribution < 1.29 is 9.00 Å². The summed E-state index contributed by atoms with van der Waals surface area (Å²) in [5, 5.41) is 2.81. The third-order valence-electron chi connectivity index (χ3n) is 3.31. The van der Waals surface area contributed by atoms with Crippen LogP contribution >= 0.6 is 23.2 Å². The Balaban J connectivity index is 2.08. The summed E-state index contributed by atoms with van der Waals surface area (Å²) in [5.74, 6) is 0.280. The molecule has 1 amide bonds. The highest BCUT2D eigenvalue weighted by Gasteiger charge is 2.67. The van der Waals surface area contributed by atoms with Crippen molar-refractivity contribution >= 4 is 45.6 Å². The number of hydrogen-bond acceptors (Lipinski definition) is 2. The fourth-order valence-corrected chi connectivity index (χ4v) is 3.24. The fourth-order valence-electron chi connectivity index (χ4n) is 1.89. The van der Waals surface area contributed by atoms with E-state index < -0.39 is 20.5 Å². The van der Waals surface area contributed by atoms with Crippen LogP contribution in [0.1, 0.15) is 18.9 Å². The summed E-state index contributed by atoms with van der Waals surface area (Å²) in [4.78, 5) is 12.1. The average molecular weight is 320 g/mol. The topological polar surface area (TPSA) is 46.2 Å². The third kappa shape index (κ3) is 3.12. The molecule has 1 aliphatic carbocycles. The van der Waals surface area contributed by atoms with Crippen molar-refractivity contribution in [2.45, 2.75) is 23.4 Å². The minimum atomic E-state index is -0.973. The lowest BCUT2D eigenvalue weighted by Crippen LogP contribution is -2.25. The normalized spacial score (nSPS) is 25.7. The molecule has 1 N–H and O–H groups in total. The second-order valence-corrected chi connectivity index (χ2v) is 8.00. The van der Waals surface area contributed by atoms with Crippen LogP contribution in [-0.4, -0.2) is 20.7 Å². The summed E-state index contributed by atoms with van der Waals surface area (Å²) in [6.45, 7) is 1.74. The Hall–Kier alpha value is -0.580. The molecule has 0 aromatic heterocycles. The highest BCUT2D eigenvalue weighted by atomic mass is 35.5. The SMILES string of the molecule is CS(=O)Cc1cccc(NC(=O)C2(C)CC2(Cl)Cl)c1. The van der Waals surface area contributed by atoms with E-state index >= 15 is 0 Å². The van der Waals surface area contributed by atoms with E-state index in [1.807, 2.05) is 18.2 Å². The second kappa shape index (κ2) is 5.08. The van der Waals surface area contributed by atoms with Gasteiger partial charge in [0.15, 0.2) is 0 Å². The van der Waals surface area contributed by atoms with E-state index in [4.69, 9.17) is 23.2 Å². The number of amides is 1. The largest absolute Gasteiger partial charge is 0.326 e. The van der Waals surface area contributed by atoms with Crippen molar-refractivity contribution in [3.8, 4) is 0 Å². The Morgan fingerprint density at radius 3 is 2.63 bits per heavy atom. The number of nitrogens with one attached hydrogen (secondary N) is 1. The van der Waals surface area contributed by atoms with E-state index in [1.54, 1.807) is 19.2 Å². The maximum absolute atomic E-state index is 12.1. The van der Waals surface area contributed by atoms with Crippen molar-refractivity contribution in [2.24, 2.45) is 5.41 Å². The van der Waals surface area contributed by atoms with Gasteiger partial charge in [-0.05, 0) is 31.0 Å². The smallest absolute Gasteiger partial charge is 0.233 e. The summed E-state index contributed by atoms with van der Waals surface area (Å²) < 4.78 is 10.2. The molecular formula is C13H15Cl2NO2S. The molecule has 0 saturated heterocycles. The number of rotatable bonds is 4. The van der Waals surface area contributed by atoms with Crippen molar-refractivity contribution in [1.29, 1.82) is 0 Å². The van der Waals surface area contributed by atoms with Gasteiger partial charge in [-0.1, -0.05) is 12.1 Å². The summed E-state index contributed by atoms with van der Waals surface area (Å²) in [6.07, 6.45) is 2.10. The van der Waals surface area contributed by atoms with Gasteiger partial charge in [0.25, 0.3) is 0 Å². The molecule has 0 aliphatic heterocycles. The van der Waals surface area contributed by atoms with Crippen LogP contribution in [0.15, 0.2) is 24.3 Å². The van der Waals surface area contributed by atoms with Gasteiger partial charge >= 0.3 is 0 Å². The Labute approximate surface area is 125 Å². The Bertz CT molecular complexity index is 547. The monoisotopic (exact) mass is 319 g/mol. The van der Waals surface area contributed by atoms with Gasteiger partial charge in [-0.2, -0.15) is 0 Å². The first-order valence-corrected chi connectivity index (χ1v) is 8.31. The van der Waals surface area contributed by atoms with E-state index in [0.717, 1.165) is 5.56 Å². The molecule has 1 aromatic carbocycles. The highest BCUT2D eigenvalue weighted by molar-refractivity contribution is 7.83. The zero-order chi connectivity index (χ0) is 14.3. The van der Waals surface area contributed by atoms with Gasteiger partial charge in [0.1, 0.15) is 4.33 Å². The average Bonchev–Trinajstić information content (AvgIpc) is 2.79. The van der Waals surface area contributed by atoms with Crippen molar-refractivity contribution in [3.63, 3.8) is 0 Å². The minimum Gasteiger partial charge on any atom is -0.326 e. The first-order valence-electron chi connectivity index (χ1n) is 5.83. The molecule has 3 nitrogen and oxygen atoms in total. The minimum absolute atomic E-state index is 0.188. The van der Waals surface area contributed by atoms with Crippen LogP contribution in [0.3, 0.4) is 0 Å². The molecule has 2 rings (SSSR count). The van der Waals surface area contributed by atoms with Crippen molar-refractivity contribution in [2.75, 3.05) is 11.6 Å². The van der Waals surface area contributed by atoms with E-state index in [9.17, 15) is 9.00 Å². The first kappa shape index (κ1) is 14.8. The van der Waals surface area contributed by atoms with Gasteiger partial charge < -0.3 is 5.32 Å². The Morgan fingerprint density at radius 1 is 1.47 bits per heavy atom. The Kier molecular flexibility index (Phi) is 3.96. The van der Waals surface area contributed by atoms with Gasteiger partial charge in [0.2, 0.25) is 5.91 Å². The molecule has 2 unspecified atom stereocenters. The molecule has 0 heterocycles. The lowest BCUT2D eigenvalue weighted by Gasteiger charge is -2.13. The van der Waals surface area contributed by atoms with Crippen molar-refractivity contribution in [1.82, 2.24) is 0 Å². The lowest BCUT2D eigenvalue weighted by molar-refractivity contribution is -0.120. The van der Waals surface area contributed by atoms with Gasteiger partial charge in [0.05, 0.1) is 5.41 Å². The summed E-state index contributed by atoms with van der Waals surface area (Å²) >= 11 is 11.9. The highest BCUT2D eigenvalue weighted by Crippen LogP contribution is 2.64. The molecule has 19 heavy (non-hydrogen) atoms. The number of carbonyl (C=O) groups excluding carboxylic acids is 1. The summed E-state index contributed by atoms with van der Waals surface area (Å²) in [7, 11) is -0.910. The van der Waals surface area contributed by atoms with Crippen LogP contribution < -0.4 is 5.32 Å². The molecule has 1 aliphatic rings.